The fourth-order valence-electron chi connectivity index (χ4n) is 5.16. The largest absolute Gasteiger partial charge is 0.450 e. The second kappa shape index (κ2) is 24.7. The summed E-state index contributed by atoms with van der Waals surface area (Å²) >= 11 is 0. The Morgan fingerprint density at radius 3 is 1.25 bits per heavy atom. The van der Waals surface area contributed by atoms with E-state index in [4.69, 9.17) is 4.74 Å². The zero-order valence-corrected chi connectivity index (χ0v) is 25.8. The van der Waals surface area contributed by atoms with Gasteiger partial charge in [-0.15, -0.1) is 0 Å². The number of quaternary nitrogens is 2. The highest BCUT2D eigenvalue weighted by molar-refractivity contribution is 5.69. The first kappa shape index (κ1) is 35.4. The molecule has 216 valence electrons. The molecule has 0 heterocycles. The average molecular weight is 513 g/mol. The number of nitrogens with one attached hydrogen (secondary N) is 1. The van der Waals surface area contributed by atoms with Gasteiger partial charge < -0.3 is 14.1 Å². The normalized spacial score (nSPS) is 12.9. The molecule has 0 saturated heterocycles. The van der Waals surface area contributed by atoms with E-state index in [0.29, 0.717) is 6.42 Å². The summed E-state index contributed by atoms with van der Waals surface area (Å²) in [6.45, 7) is 4.04. The monoisotopic (exact) mass is 513 g/mol. The number of carbonyl (C=O) groups excluding carboxylic acids is 1. The third-order valence-corrected chi connectivity index (χ3v) is 7.17. The van der Waals surface area contributed by atoms with Gasteiger partial charge in [0.05, 0.1) is 35.2 Å². The van der Waals surface area contributed by atoms with Crippen molar-refractivity contribution < 1.29 is 18.9 Å². The molecule has 0 fully saturated rings. The van der Waals surface area contributed by atoms with Crippen molar-refractivity contribution in [3.63, 3.8) is 0 Å². The second-order valence-corrected chi connectivity index (χ2v) is 12.8. The maximum absolute atomic E-state index is 12.3. The number of hydrogen-bond acceptors (Lipinski definition) is 2. The van der Waals surface area contributed by atoms with E-state index in [1.165, 1.54) is 127 Å². The molecule has 36 heavy (non-hydrogen) atoms. The summed E-state index contributed by atoms with van der Waals surface area (Å²) in [7, 11) is 10.7. The summed E-state index contributed by atoms with van der Waals surface area (Å²) in [6.07, 6.45) is 29.7. The molecule has 0 spiro atoms. The quantitative estimate of drug-likeness (QED) is 0.0708. The van der Waals surface area contributed by atoms with Crippen molar-refractivity contribution in [2.45, 2.75) is 154 Å². The number of unbranched alkanes of at least 4 members (excludes halogenated alkanes) is 20. The van der Waals surface area contributed by atoms with E-state index in [0.717, 1.165) is 30.4 Å². The van der Waals surface area contributed by atoms with Crippen LogP contribution in [0.25, 0.3) is 0 Å². The summed E-state index contributed by atoms with van der Waals surface area (Å²) in [5.41, 5.74) is 0. The van der Waals surface area contributed by atoms with Gasteiger partial charge in [0.2, 0.25) is 0 Å². The first-order chi connectivity index (χ1) is 17.2. The molecular weight excluding hydrogens is 444 g/mol. The van der Waals surface area contributed by atoms with Crippen LogP contribution < -0.4 is 4.90 Å². The smallest absolute Gasteiger partial charge is 0.306 e. The lowest BCUT2D eigenvalue weighted by Crippen LogP contribution is -3.07. The van der Waals surface area contributed by atoms with E-state index in [9.17, 15) is 4.79 Å². The summed E-state index contributed by atoms with van der Waals surface area (Å²) in [5, 5.41) is 0. The van der Waals surface area contributed by atoms with Crippen LogP contribution in [0.1, 0.15) is 148 Å². The third-order valence-electron chi connectivity index (χ3n) is 7.17. The van der Waals surface area contributed by atoms with Crippen molar-refractivity contribution in [3.05, 3.63) is 0 Å². The van der Waals surface area contributed by atoms with Gasteiger partial charge in [-0.2, -0.15) is 0 Å². The number of likely N-dealkylation sites (N-methyl/N-ethyl adjacent to an activating group) is 2. The molecule has 1 N–H and O–H groups in total. The average Bonchev–Trinajstić information content (AvgIpc) is 2.78. The molecule has 4 heteroatoms. The van der Waals surface area contributed by atoms with Crippen LogP contribution in [-0.2, 0) is 9.53 Å². The van der Waals surface area contributed by atoms with Crippen LogP contribution in [0.2, 0.25) is 0 Å². The molecule has 0 aromatic heterocycles. The molecule has 1 atom stereocenters. The molecule has 0 aliphatic carbocycles. The highest BCUT2D eigenvalue weighted by atomic mass is 16.5. The molecule has 0 aromatic rings. The Balaban J connectivity index is 3.40. The Morgan fingerprint density at radius 2 is 0.944 bits per heavy atom. The fourth-order valence-corrected chi connectivity index (χ4v) is 5.16. The van der Waals surface area contributed by atoms with E-state index in [-0.39, 0.29) is 12.1 Å². The predicted molar refractivity (Wildman–Crippen MR) is 158 cm³/mol. The molecule has 0 rings (SSSR count). The Hall–Kier alpha value is -0.610. The molecular formula is C32H68N2O2+2. The summed E-state index contributed by atoms with van der Waals surface area (Å²) < 4.78 is 6.63. The lowest BCUT2D eigenvalue weighted by molar-refractivity contribution is -0.890. The van der Waals surface area contributed by atoms with Gasteiger partial charge in [0.25, 0.3) is 0 Å². The number of esters is 1. The first-order valence-corrected chi connectivity index (χ1v) is 16.0. The van der Waals surface area contributed by atoms with Gasteiger partial charge in [-0.1, -0.05) is 135 Å². The molecule has 0 aliphatic rings. The van der Waals surface area contributed by atoms with Crippen LogP contribution in [0.5, 0.6) is 0 Å². The molecule has 0 radical (unpaired) electrons. The molecule has 0 saturated carbocycles. The number of carbonyl (C=O) groups is 1. The maximum atomic E-state index is 12.3. The number of nitrogens with zero attached hydrogens (tertiary/aromatic N) is 1. The highest BCUT2D eigenvalue weighted by Crippen LogP contribution is 2.15. The van der Waals surface area contributed by atoms with E-state index in [2.05, 4.69) is 42.2 Å². The van der Waals surface area contributed by atoms with Crippen LogP contribution in [0, 0.1) is 0 Å². The zero-order valence-electron chi connectivity index (χ0n) is 25.8. The molecule has 0 bridgehead atoms. The minimum atomic E-state index is -0.00694. The summed E-state index contributed by atoms with van der Waals surface area (Å²) in [5.74, 6) is -0.00694. The van der Waals surface area contributed by atoms with Gasteiger partial charge in [-0.25, -0.2) is 0 Å². The van der Waals surface area contributed by atoms with Gasteiger partial charge in [-0.3, -0.25) is 4.79 Å². The topological polar surface area (TPSA) is 30.7 Å². The Kier molecular flexibility index (Phi) is 24.3. The highest BCUT2D eigenvalue weighted by Gasteiger charge is 2.24. The third kappa shape index (κ3) is 28.0. The molecule has 0 aromatic carbocycles. The number of rotatable bonds is 27. The van der Waals surface area contributed by atoms with E-state index >= 15 is 0 Å². The first-order valence-electron chi connectivity index (χ1n) is 16.0. The summed E-state index contributed by atoms with van der Waals surface area (Å²) in [6, 6.07) is 0. The summed E-state index contributed by atoms with van der Waals surface area (Å²) in [4.78, 5) is 13.6. The van der Waals surface area contributed by atoms with Crippen LogP contribution in [0.3, 0.4) is 0 Å². The van der Waals surface area contributed by atoms with E-state index in [1.807, 2.05) is 0 Å². The Labute approximate surface area is 227 Å². The van der Waals surface area contributed by atoms with Crippen molar-refractivity contribution in [2.75, 3.05) is 48.3 Å². The van der Waals surface area contributed by atoms with Crippen molar-refractivity contribution in [1.29, 1.82) is 0 Å². The van der Waals surface area contributed by atoms with E-state index in [1.54, 1.807) is 0 Å². The minimum absolute atomic E-state index is 0.00694. The molecule has 4 nitrogen and oxygen atoms in total. The maximum Gasteiger partial charge on any atom is 0.306 e. The van der Waals surface area contributed by atoms with Crippen molar-refractivity contribution >= 4 is 5.97 Å². The predicted octanol–water partition coefficient (Wildman–Crippen LogP) is 7.35. The molecule has 0 aliphatic heterocycles. The van der Waals surface area contributed by atoms with Gasteiger partial charge in [-0.05, 0) is 6.42 Å². The van der Waals surface area contributed by atoms with Gasteiger partial charge in [0, 0.05) is 6.42 Å². The van der Waals surface area contributed by atoms with Crippen LogP contribution in [-0.4, -0.2) is 64.9 Å². The van der Waals surface area contributed by atoms with Crippen molar-refractivity contribution in [2.24, 2.45) is 0 Å². The van der Waals surface area contributed by atoms with Gasteiger partial charge in [0.15, 0.2) is 6.10 Å². The zero-order chi connectivity index (χ0) is 26.9. The fraction of sp³-hybridized carbons (Fsp3) is 0.969. The lowest BCUT2D eigenvalue weighted by atomic mass is 10.0. The lowest BCUT2D eigenvalue weighted by Gasteiger charge is -2.29. The van der Waals surface area contributed by atoms with Gasteiger partial charge in [0.1, 0.15) is 13.1 Å². The Morgan fingerprint density at radius 1 is 0.611 bits per heavy atom. The standard InChI is InChI=1S/C32H67N2O2/c1-7-8-9-10-11-12-13-14-15-16-17-18-19-20-21-22-23-24-25-26-27-28-32(35)36-31(29-33(2)3)30-34(4,5)6/h31H,7-30H2,1-6H3/q+1/p+1. The van der Waals surface area contributed by atoms with Gasteiger partial charge >= 0.3 is 5.97 Å². The number of hydrogen-bond donors (Lipinski definition) is 1. The molecule has 1 unspecified atom stereocenters. The van der Waals surface area contributed by atoms with Crippen molar-refractivity contribution in [3.8, 4) is 0 Å². The Bertz CT molecular complexity index is 473. The van der Waals surface area contributed by atoms with Crippen LogP contribution >= 0.6 is 0 Å². The SMILES string of the molecule is CCCCCCCCCCCCCCCCCCCCCCCC(=O)OC(C[NH+](C)C)C[N+](C)(C)C. The second-order valence-electron chi connectivity index (χ2n) is 12.8. The van der Waals surface area contributed by atoms with Crippen LogP contribution in [0.4, 0.5) is 0 Å². The minimum Gasteiger partial charge on any atom is -0.450 e. The van der Waals surface area contributed by atoms with E-state index < -0.39 is 0 Å². The van der Waals surface area contributed by atoms with Crippen molar-refractivity contribution in [1.82, 2.24) is 0 Å². The van der Waals surface area contributed by atoms with Crippen LogP contribution in [0.15, 0.2) is 0 Å². The number of ether oxygens (including phenoxy) is 1. The molecule has 0 amide bonds.